The summed E-state index contributed by atoms with van der Waals surface area (Å²) in [7, 11) is -0.439. The molecule has 1 aromatic rings. The highest BCUT2D eigenvalue weighted by atomic mass is 32.2. The maximum absolute atomic E-state index is 12.2. The summed E-state index contributed by atoms with van der Waals surface area (Å²) in [6.07, 6.45) is 0. The van der Waals surface area contributed by atoms with Gasteiger partial charge in [-0.2, -0.15) is 0 Å². The number of sulfonamides is 1. The van der Waals surface area contributed by atoms with Crippen LogP contribution in [0.3, 0.4) is 0 Å². The number of anilines is 2. The van der Waals surface area contributed by atoms with Gasteiger partial charge < -0.3 is 15.4 Å². The number of rotatable bonds is 8. The second-order valence-corrected chi connectivity index (χ2v) is 6.94. The van der Waals surface area contributed by atoms with E-state index in [0.717, 1.165) is 12.2 Å². The van der Waals surface area contributed by atoms with Crippen molar-refractivity contribution in [2.24, 2.45) is 0 Å². The van der Waals surface area contributed by atoms with Crippen molar-refractivity contribution in [2.75, 3.05) is 51.0 Å². The van der Waals surface area contributed by atoms with Crippen molar-refractivity contribution in [3.63, 3.8) is 0 Å². The molecule has 0 aliphatic carbocycles. The quantitative estimate of drug-likeness (QED) is 0.579. The number of hydrogen-bond acceptors (Lipinski definition) is 5. The third kappa shape index (κ3) is 4.33. The third-order valence-corrected chi connectivity index (χ3v) is 5.02. The van der Waals surface area contributed by atoms with E-state index >= 15 is 0 Å². The molecule has 0 aromatic heterocycles. The number of nitrogen functional groups attached to an aromatic ring is 1. The summed E-state index contributed by atoms with van der Waals surface area (Å²) < 4.78 is 31.0. The van der Waals surface area contributed by atoms with Gasteiger partial charge in [0.2, 0.25) is 10.0 Å². The maximum Gasteiger partial charge on any atom is 0.242 e. The maximum atomic E-state index is 12.2. The predicted octanol–water partition coefficient (Wildman–Crippen LogP) is 1.38. The zero-order chi connectivity index (χ0) is 16.0. The molecule has 1 rings (SSSR count). The van der Waals surface area contributed by atoms with Gasteiger partial charge in [0, 0.05) is 33.8 Å². The SMILES string of the molecule is CCOCCN(CC)c1cc(S(=O)(=O)N(C)C)ccc1N. The molecule has 0 unspecified atom stereocenters. The number of nitrogens with two attached hydrogens (primary N) is 1. The van der Waals surface area contributed by atoms with Crippen molar-refractivity contribution >= 4 is 21.4 Å². The summed E-state index contributed by atoms with van der Waals surface area (Å²) in [5.41, 5.74) is 7.28. The highest BCUT2D eigenvalue weighted by Gasteiger charge is 2.19. The first-order valence-electron chi connectivity index (χ1n) is 6.99. The van der Waals surface area contributed by atoms with Gasteiger partial charge in [-0.15, -0.1) is 0 Å². The standard InChI is InChI=1S/C14H25N3O3S/c1-5-17(9-10-20-6-2)14-11-12(7-8-13(14)15)21(18,19)16(3)4/h7-8,11H,5-6,9-10,15H2,1-4H3. The molecule has 0 heterocycles. The van der Waals surface area contributed by atoms with Crippen LogP contribution in [-0.2, 0) is 14.8 Å². The first kappa shape index (κ1) is 17.7. The smallest absolute Gasteiger partial charge is 0.242 e. The van der Waals surface area contributed by atoms with E-state index < -0.39 is 10.0 Å². The van der Waals surface area contributed by atoms with Crippen molar-refractivity contribution in [1.82, 2.24) is 4.31 Å². The third-order valence-electron chi connectivity index (χ3n) is 3.21. The van der Waals surface area contributed by atoms with Crippen molar-refractivity contribution in [1.29, 1.82) is 0 Å². The van der Waals surface area contributed by atoms with Crippen LogP contribution in [0.5, 0.6) is 0 Å². The van der Waals surface area contributed by atoms with Gasteiger partial charge in [0.05, 0.1) is 22.9 Å². The van der Waals surface area contributed by atoms with Crippen LogP contribution < -0.4 is 10.6 Å². The molecule has 0 amide bonds. The summed E-state index contributed by atoms with van der Waals surface area (Å²) in [4.78, 5) is 2.26. The van der Waals surface area contributed by atoms with Gasteiger partial charge in [0.1, 0.15) is 0 Å². The lowest BCUT2D eigenvalue weighted by Gasteiger charge is -2.25. The Bertz CT molecular complexity index is 559. The Labute approximate surface area is 127 Å². The number of likely N-dealkylation sites (N-methyl/N-ethyl adjacent to an activating group) is 1. The van der Waals surface area contributed by atoms with Gasteiger partial charge >= 0.3 is 0 Å². The molecule has 2 N–H and O–H groups in total. The zero-order valence-electron chi connectivity index (χ0n) is 13.2. The molecular weight excluding hydrogens is 290 g/mol. The van der Waals surface area contributed by atoms with E-state index in [1.54, 1.807) is 12.1 Å². The summed E-state index contributed by atoms with van der Waals surface area (Å²) in [6.45, 7) is 6.56. The number of nitrogens with zero attached hydrogens (tertiary/aromatic N) is 2. The first-order chi connectivity index (χ1) is 9.84. The highest BCUT2D eigenvalue weighted by Crippen LogP contribution is 2.27. The second-order valence-electron chi connectivity index (χ2n) is 4.78. The lowest BCUT2D eigenvalue weighted by atomic mass is 10.2. The minimum absolute atomic E-state index is 0.242. The van der Waals surface area contributed by atoms with Crippen molar-refractivity contribution in [2.45, 2.75) is 18.7 Å². The molecule has 0 bridgehead atoms. The average Bonchev–Trinajstić information content (AvgIpc) is 2.44. The molecule has 0 aliphatic rings. The van der Waals surface area contributed by atoms with Crippen molar-refractivity contribution < 1.29 is 13.2 Å². The normalized spacial score (nSPS) is 11.9. The summed E-state index contributed by atoms with van der Waals surface area (Å²) in [5.74, 6) is 0. The van der Waals surface area contributed by atoms with Crippen LogP contribution in [0, 0.1) is 0 Å². The minimum Gasteiger partial charge on any atom is -0.397 e. The lowest BCUT2D eigenvalue weighted by molar-refractivity contribution is 0.154. The number of ether oxygens (including phenoxy) is 1. The Kier molecular flexibility index (Phi) is 6.44. The molecule has 0 saturated carbocycles. The van der Waals surface area contributed by atoms with E-state index in [4.69, 9.17) is 10.5 Å². The van der Waals surface area contributed by atoms with Crippen molar-refractivity contribution in [3.05, 3.63) is 18.2 Å². The Morgan fingerprint density at radius 2 is 1.90 bits per heavy atom. The van der Waals surface area contributed by atoms with Crippen LogP contribution in [0.1, 0.15) is 13.8 Å². The molecule has 7 heteroatoms. The second kappa shape index (κ2) is 7.63. The van der Waals surface area contributed by atoms with Gasteiger partial charge in [-0.3, -0.25) is 0 Å². The largest absolute Gasteiger partial charge is 0.397 e. The zero-order valence-corrected chi connectivity index (χ0v) is 14.0. The molecule has 0 aliphatic heterocycles. The van der Waals surface area contributed by atoms with Crippen LogP contribution in [0.4, 0.5) is 11.4 Å². The highest BCUT2D eigenvalue weighted by molar-refractivity contribution is 7.89. The van der Waals surface area contributed by atoms with E-state index in [9.17, 15) is 8.42 Å². The Morgan fingerprint density at radius 3 is 2.43 bits per heavy atom. The van der Waals surface area contributed by atoms with Crippen LogP contribution in [0.15, 0.2) is 23.1 Å². The first-order valence-corrected chi connectivity index (χ1v) is 8.43. The van der Waals surface area contributed by atoms with Crippen LogP contribution in [-0.4, -0.2) is 53.1 Å². The summed E-state index contributed by atoms with van der Waals surface area (Å²) in [5, 5.41) is 0. The fraction of sp³-hybridized carbons (Fsp3) is 0.571. The Morgan fingerprint density at radius 1 is 1.24 bits per heavy atom. The van der Waals surface area contributed by atoms with E-state index in [-0.39, 0.29) is 4.90 Å². The average molecular weight is 315 g/mol. The molecule has 21 heavy (non-hydrogen) atoms. The molecule has 0 saturated heterocycles. The van der Waals surface area contributed by atoms with Gasteiger partial charge in [-0.05, 0) is 32.0 Å². The Balaban J connectivity index is 3.11. The van der Waals surface area contributed by atoms with Crippen LogP contribution in [0.2, 0.25) is 0 Å². The number of hydrogen-bond donors (Lipinski definition) is 1. The van der Waals surface area contributed by atoms with E-state index in [1.165, 1.54) is 24.5 Å². The fourth-order valence-electron chi connectivity index (χ4n) is 1.94. The van der Waals surface area contributed by atoms with Gasteiger partial charge in [0.25, 0.3) is 0 Å². The topological polar surface area (TPSA) is 75.9 Å². The monoisotopic (exact) mass is 315 g/mol. The fourth-order valence-corrected chi connectivity index (χ4v) is 2.86. The van der Waals surface area contributed by atoms with Crippen LogP contribution >= 0.6 is 0 Å². The van der Waals surface area contributed by atoms with Crippen molar-refractivity contribution in [3.8, 4) is 0 Å². The lowest BCUT2D eigenvalue weighted by Crippen LogP contribution is -2.28. The Hall–Kier alpha value is -1.31. The predicted molar refractivity (Wildman–Crippen MR) is 86.1 cm³/mol. The molecule has 0 spiro atoms. The van der Waals surface area contributed by atoms with E-state index in [2.05, 4.69) is 0 Å². The van der Waals surface area contributed by atoms with Crippen LogP contribution in [0.25, 0.3) is 0 Å². The molecule has 120 valence electrons. The molecule has 1 aromatic carbocycles. The number of benzene rings is 1. The molecule has 0 fully saturated rings. The van der Waals surface area contributed by atoms with E-state index in [0.29, 0.717) is 25.4 Å². The summed E-state index contributed by atoms with van der Waals surface area (Å²) >= 11 is 0. The molecule has 6 nitrogen and oxygen atoms in total. The van der Waals surface area contributed by atoms with Gasteiger partial charge in [-0.1, -0.05) is 0 Å². The molecular formula is C14H25N3O3S. The van der Waals surface area contributed by atoms with Gasteiger partial charge in [-0.25, -0.2) is 12.7 Å². The molecule has 0 atom stereocenters. The van der Waals surface area contributed by atoms with E-state index in [1.807, 2.05) is 18.7 Å². The minimum atomic E-state index is -3.46. The summed E-state index contributed by atoms with van der Waals surface area (Å²) in [6, 6.07) is 4.79. The molecule has 0 radical (unpaired) electrons. The van der Waals surface area contributed by atoms with Gasteiger partial charge in [0.15, 0.2) is 0 Å².